The van der Waals surface area contributed by atoms with Gasteiger partial charge in [0.05, 0.1) is 18.8 Å². The highest BCUT2D eigenvalue weighted by Gasteiger charge is 2.47. The van der Waals surface area contributed by atoms with E-state index in [-0.39, 0.29) is 34.6 Å². The molecule has 3 aromatic carbocycles. The van der Waals surface area contributed by atoms with Crippen molar-refractivity contribution in [2.75, 3.05) is 13.7 Å². The number of aliphatic hydroxyl groups is 3. The first-order valence-electron chi connectivity index (χ1n) is 13.3. The molecule has 9 N–H and O–H groups in total. The van der Waals surface area contributed by atoms with Gasteiger partial charge in [-0.25, -0.2) is 4.79 Å². The average Bonchev–Trinajstić information content (AvgIpc) is 2.98. The maximum absolute atomic E-state index is 13.8. The fourth-order valence-electron chi connectivity index (χ4n) is 5.21. The van der Waals surface area contributed by atoms with Gasteiger partial charge < -0.3 is 64.6 Å². The molecule has 1 aliphatic rings. The number of aromatic hydroxyl groups is 6. The van der Waals surface area contributed by atoms with Crippen LogP contribution < -0.4 is 14.9 Å². The van der Waals surface area contributed by atoms with E-state index in [0.717, 1.165) is 36.4 Å². The lowest BCUT2D eigenvalue weighted by Crippen LogP contribution is -2.57. The topological polar surface area (TPSA) is 257 Å². The Balaban J connectivity index is 1.62. The van der Waals surface area contributed by atoms with Crippen LogP contribution in [-0.4, -0.2) is 90.1 Å². The smallest absolute Gasteiger partial charge is 0.338 e. The van der Waals surface area contributed by atoms with Gasteiger partial charge in [-0.15, -0.1) is 0 Å². The minimum atomic E-state index is -1.88. The summed E-state index contributed by atoms with van der Waals surface area (Å²) in [5.41, 5.74) is -1.69. The Kier molecular flexibility index (Phi) is 8.25. The van der Waals surface area contributed by atoms with Crippen LogP contribution in [0.3, 0.4) is 0 Å². The predicted octanol–water partition coefficient (Wildman–Crippen LogP) is 1.41. The van der Waals surface area contributed by atoms with Crippen LogP contribution in [-0.2, 0) is 4.74 Å². The zero-order valence-corrected chi connectivity index (χ0v) is 23.3. The molecule has 0 radical (unpaired) electrons. The van der Waals surface area contributed by atoms with E-state index in [1.54, 1.807) is 0 Å². The molecule has 1 aliphatic carbocycles. The van der Waals surface area contributed by atoms with Gasteiger partial charge in [0, 0.05) is 30.2 Å². The Bertz CT molecular complexity index is 1810. The lowest BCUT2D eigenvalue weighted by atomic mass is 9.81. The highest BCUT2D eigenvalue weighted by atomic mass is 16.6. The van der Waals surface area contributed by atoms with Crippen molar-refractivity contribution in [3.63, 3.8) is 0 Å². The number of phenolic OH excluding ortho intramolecular Hbond substituents is 6. The monoisotopic (exact) mass is 628 g/mol. The zero-order chi connectivity index (χ0) is 32.7. The van der Waals surface area contributed by atoms with Crippen molar-refractivity contribution >= 4 is 16.9 Å². The van der Waals surface area contributed by atoms with E-state index in [2.05, 4.69) is 0 Å². The van der Waals surface area contributed by atoms with E-state index >= 15 is 0 Å². The van der Waals surface area contributed by atoms with Crippen molar-refractivity contribution in [2.45, 2.75) is 30.8 Å². The fourth-order valence-corrected chi connectivity index (χ4v) is 5.21. The molecule has 5 rings (SSSR count). The van der Waals surface area contributed by atoms with Gasteiger partial charge in [0.25, 0.3) is 0 Å². The van der Waals surface area contributed by atoms with Crippen molar-refractivity contribution in [3.05, 3.63) is 58.3 Å². The van der Waals surface area contributed by atoms with Gasteiger partial charge in [0.15, 0.2) is 34.9 Å². The second-order valence-corrected chi connectivity index (χ2v) is 10.4. The van der Waals surface area contributed by atoms with Crippen LogP contribution in [0.2, 0.25) is 0 Å². The Morgan fingerprint density at radius 1 is 0.867 bits per heavy atom. The predicted molar refractivity (Wildman–Crippen MR) is 152 cm³/mol. The third kappa shape index (κ3) is 5.66. The van der Waals surface area contributed by atoms with E-state index in [4.69, 9.17) is 18.6 Å². The molecular formula is C30H28O15. The van der Waals surface area contributed by atoms with E-state index in [0.29, 0.717) is 0 Å². The minimum absolute atomic E-state index is 0.0186. The number of methoxy groups -OCH3 is 1. The molecule has 15 nitrogen and oxygen atoms in total. The minimum Gasteiger partial charge on any atom is -0.508 e. The highest BCUT2D eigenvalue weighted by molar-refractivity contribution is 5.91. The third-order valence-electron chi connectivity index (χ3n) is 7.46. The van der Waals surface area contributed by atoms with Crippen LogP contribution in [0.25, 0.3) is 22.3 Å². The third-order valence-corrected chi connectivity index (χ3v) is 7.46. The maximum atomic E-state index is 13.8. The molecular weight excluding hydrogens is 600 g/mol. The highest BCUT2D eigenvalue weighted by Crippen LogP contribution is 2.41. The summed E-state index contributed by atoms with van der Waals surface area (Å²) >= 11 is 0. The first-order chi connectivity index (χ1) is 21.3. The number of phenols is 6. The lowest BCUT2D eigenvalue weighted by Gasteiger charge is -2.41. The molecule has 15 heteroatoms. The number of benzene rings is 3. The van der Waals surface area contributed by atoms with Gasteiger partial charge >= 0.3 is 5.97 Å². The van der Waals surface area contributed by atoms with Gasteiger partial charge in [-0.05, 0) is 36.8 Å². The Morgan fingerprint density at radius 3 is 2.18 bits per heavy atom. The molecule has 0 aliphatic heterocycles. The van der Waals surface area contributed by atoms with Crippen molar-refractivity contribution in [3.8, 4) is 57.3 Å². The number of hydrogen-bond acceptors (Lipinski definition) is 15. The van der Waals surface area contributed by atoms with Crippen molar-refractivity contribution in [2.24, 2.45) is 5.92 Å². The van der Waals surface area contributed by atoms with E-state index in [1.165, 1.54) is 13.2 Å². The molecule has 1 fully saturated rings. The summed E-state index contributed by atoms with van der Waals surface area (Å²) in [6.45, 7) is -0.649. The summed E-state index contributed by atoms with van der Waals surface area (Å²) < 4.78 is 22.1. The molecule has 0 spiro atoms. The van der Waals surface area contributed by atoms with E-state index in [1.807, 2.05) is 0 Å². The van der Waals surface area contributed by atoms with Crippen LogP contribution in [0, 0.1) is 5.92 Å². The second-order valence-electron chi connectivity index (χ2n) is 10.4. The number of fused-ring (bicyclic) bond motifs is 1. The van der Waals surface area contributed by atoms with Gasteiger partial charge in [-0.3, -0.25) is 4.79 Å². The second kappa shape index (κ2) is 12.0. The number of ether oxygens (including phenoxy) is 3. The molecule has 1 saturated carbocycles. The number of carbonyl (C=O) groups is 1. The summed E-state index contributed by atoms with van der Waals surface area (Å²) in [5.74, 6) is -7.00. The Labute approximate surface area is 252 Å². The number of aliphatic hydroxyl groups excluding tert-OH is 3. The summed E-state index contributed by atoms with van der Waals surface area (Å²) in [5, 5.41) is 91.7. The molecule has 0 bridgehead atoms. The van der Waals surface area contributed by atoms with Crippen LogP contribution in [0.5, 0.6) is 46.0 Å². The molecule has 45 heavy (non-hydrogen) atoms. The molecule has 238 valence electrons. The van der Waals surface area contributed by atoms with Crippen LogP contribution in [0.1, 0.15) is 16.8 Å². The molecule has 1 heterocycles. The number of hydrogen-bond donors (Lipinski definition) is 9. The van der Waals surface area contributed by atoms with E-state index < -0.39 is 94.0 Å². The normalized spacial score (nSPS) is 21.4. The molecule has 4 aromatic rings. The van der Waals surface area contributed by atoms with Gasteiger partial charge in [0.2, 0.25) is 16.9 Å². The number of rotatable bonds is 7. The van der Waals surface area contributed by atoms with Gasteiger partial charge in [-0.1, -0.05) is 0 Å². The first-order valence-corrected chi connectivity index (χ1v) is 13.3. The lowest BCUT2D eigenvalue weighted by molar-refractivity contribution is -0.159. The zero-order valence-electron chi connectivity index (χ0n) is 23.3. The van der Waals surface area contributed by atoms with E-state index in [9.17, 15) is 55.5 Å². The first kappa shape index (κ1) is 31.1. The number of esters is 1. The molecule has 0 amide bonds. The summed E-state index contributed by atoms with van der Waals surface area (Å²) in [4.78, 5) is 26.9. The number of carbonyl (C=O) groups excluding carboxylic acids is 1. The molecule has 1 aromatic heterocycles. The standard InChI is InChI=1S/C30H28O15/c1-42-27-18(36)5-12(6-19(27)37)30(41)45-28-21(7-13(10-31)23(38)25(28)40)44-29-24(39)22-17(35)8-14(32)9-20(22)43-26(29)11-2-3-15(33)16(34)4-11/h2-6,8-9,13,21,23,25,28,31-38,40H,7,10H2,1H3/t13-,21-,23-,25+,28-/m1/s1. The SMILES string of the molecule is COc1c(O)cc(C(=O)O[C@H]2[C@@H](O)[C@H](O)[C@@H](CO)C[C@H]2Oc2c(-c3ccc(O)c(O)c3)oc3cc(O)cc(O)c3c2=O)cc1O. The molecule has 0 saturated heterocycles. The quantitative estimate of drug-likeness (QED) is 0.104. The van der Waals surface area contributed by atoms with Crippen molar-refractivity contribution < 1.29 is 69.4 Å². The van der Waals surface area contributed by atoms with Crippen LogP contribution in [0.15, 0.2) is 51.7 Å². The molecule has 5 atom stereocenters. The largest absolute Gasteiger partial charge is 0.508 e. The van der Waals surface area contributed by atoms with Gasteiger partial charge in [-0.2, -0.15) is 0 Å². The summed E-state index contributed by atoms with van der Waals surface area (Å²) in [6, 6.07) is 7.13. The van der Waals surface area contributed by atoms with Gasteiger partial charge in [0.1, 0.15) is 34.7 Å². The Morgan fingerprint density at radius 2 is 1.56 bits per heavy atom. The van der Waals surface area contributed by atoms with Crippen LogP contribution >= 0.6 is 0 Å². The van der Waals surface area contributed by atoms with Crippen LogP contribution in [0.4, 0.5) is 0 Å². The van der Waals surface area contributed by atoms with Crippen molar-refractivity contribution in [1.82, 2.24) is 0 Å². The summed E-state index contributed by atoms with van der Waals surface area (Å²) in [6.07, 6.45) is -7.02. The maximum Gasteiger partial charge on any atom is 0.338 e. The Hall–Kier alpha value is -5.38. The molecule has 0 unspecified atom stereocenters. The average molecular weight is 629 g/mol. The summed E-state index contributed by atoms with van der Waals surface area (Å²) in [7, 11) is 1.17. The fraction of sp³-hybridized carbons (Fsp3) is 0.267. The van der Waals surface area contributed by atoms with Crippen molar-refractivity contribution in [1.29, 1.82) is 0 Å².